The van der Waals surface area contributed by atoms with Gasteiger partial charge in [0.25, 0.3) is 0 Å². The molecule has 4 aromatic heterocycles. The first kappa shape index (κ1) is 55.5. The van der Waals surface area contributed by atoms with Gasteiger partial charge in [0.1, 0.15) is 23.6 Å². The van der Waals surface area contributed by atoms with Crippen molar-refractivity contribution in [1.29, 1.82) is 0 Å². The van der Waals surface area contributed by atoms with Crippen LogP contribution >= 0.6 is 59.1 Å². The Balaban J connectivity index is 0.000000188. The third kappa shape index (κ3) is 12.1. The van der Waals surface area contributed by atoms with Gasteiger partial charge in [-0.25, -0.2) is 4.98 Å². The molecule has 6 heterocycles. The maximum atomic E-state index is 13.1. The van der Waals surface area contributed by atoms with Crippen molar-refractivity contribution in [3.63, 3.8) is 0 Å². The summed E-state index contributed by atoms with van der Waals surface area (Å²) in [4.78, 5) is 51.0. The van der Waals surface area contributed by atoms with Crippen molar-refractivity contribution in [3.05, 3.63) is 173 Å². The Morgan fingerprint density at radius 1 is 0.743 bits per heavy atom. The van der Waals surface area contributed by atoms with E-state index in [0.29, 0.717) is 24.4 Å². The first-order chi connectivity index (χ1) is 34.7. The van der Waals surface area contributed by atoms with E-state index in [9.17, 15) is 19.5 Å². The average Bonchev–Trinajstić information content (AvgIpc) is 4.17. The molecule has 3 radical (unpaired) electrons. The van der Waals surface area contributed by atoms with E-state index in [2.05, 4.69) is 95.8 Å². The van der Waals surface area contributed by atoms with Gasteiger partial charge in [-0.1, -0.05) is 79.5 Å². The number of aryl methyl sites for hydroxylation is 1. The molecule has 9 aromatic rings. The van der Waals surface area contributed by atoms with Crippen molar-refractivity contribution >= 4 is 123 Å². The molecule has 20 heteroatoms. The third-order valence-corrected chi connectivity index (χ3v) is 15.1. The van der Waals surface area contributed by atoms with Gasteiger partial charge in [0.2, 0.25) is 5.91 Å². The Labute approximate surface area is 459 Å². The van der Waals surface area contributed by atoms with Crippen molar-refractivity contribution in [3.8, 4) is 11.5 Å². The summed E-state index contributed by atoms with van der Waals surface area (Å²) in [6.07, 6.45) is 4.94. The molecule has 2 aliphatic rings. The van der Waals surface area contributed by atoms with Crippen LogP contribution in [0.4, 0.5) is 5.13 Å². The second-order valence-corrected chi connectivity index (χ2v) is 21.4. The summed E-state index contributed by atoms with van der Waals surface area (Å²) in [6, 6.07) is 31.5. The highest BCUT2D eigenvalue weighted by atomic mass is 79.9. The number of carboxylic acid groups (broad SMARTS) is 2. The minimum absolute atomic E-state index is 0. The number of carbonyl (C=O) groups excluding carboxylic acids is 1. The maximum absolute atomic E-state index is 13.1. The lowest BCUT2D eigenvalue weighted by atomic mass is 9.90. The van der Waals surface area contributed by atoms with Crippen molar-refractivity contribution in [2.24, 2.45) is 5.73 Å². The van der Waals surface area contributed by atoms with Crippen LogP contribution in [0.2, 0.25) is 0 Å². The smallest absolute Gasteiger partial charge is 0.497 e. The second-order valence-electron chi connectivity index (χ2n) is 17.4. The third-order valence-electron chi connectivity index (χ3n) is 12.8. The van der Waals surface area contributed by atoms with Crippen LogP contribution in [0.15, 0.2) is 129 Å². The van der Waals surface area contributed by atoms with Crippen LogP contribution in [0.25, 0.3) is 32.7 Å². The van der Waals surface area contributed by atoms with Gasteiger partial charge in [0.05, 0.1) is 32.3 Å². The molecule has 5 atom stereocenters. The number of hydrogen-bond acceptors (Lipinski definition) is 10. The number of thiazole rings is 1. The molecule has 0 fully saturated rings. The fourth-order valence-electron chi connectivity index (χ4n) is 9.20. The predicted molar refractivity (Wildman–Crippen MR) is 305 cm³/mol. The molecule has 1 amide bonds. The number of hydrogen-bond donors (Lipinski definition) is 9. The highest BCUT2D eigenvalue weighted by Crippen LogP contribution is 2.39. The topological polar surface area (TPSA) is 232 Å². The Morgan fingerprint density at radius 3 is 1.68 bits per heavy atom. The van der Waals surface area contributed by atoms with E-state index in [-0.39, 0.29) is 41.3 Å². The minimum Gasteiger partial charge on any atom is -0.497 e. The highest BCUT2D eigenvalue weighted by molar-refractivity contribution is 9.11. The Kier molecular flexibility index (Phi) is 18.0. The van der Waals surface area contributed by atoms with Gasteiger partial charge in [-0.2, -0.15) is 0 Å². The zero-order valence-corrected chi connectivity index (χ0v) is 45.1. The first-order valence-corrected chi connectivity index (χ1v) is 26.0. The maximum Gasteiger partial charge on any atom is 1.00 e. The molecule has 381 valence electrons. The van der Waals surface area contributed by atoms with Crippen molar-refractivity contribution < 1.29 is 35.5 Å². The molecular formula is C54H54BBr3N8O7S+. The summed E-state index contributed by atoms with van der Waals surface area (Å²) in [5.41, 5.74) is 15.9. The summed E-state index contributed by atoms with van der Waals surface area (Å²) in [7, 11) is 3.28. The highest BCUT2D eigenvalue weighted by Gasteiger charge is 2.36. The number of rotatable bonds is 10. The van der Waals surface area contributed by atoms with Gasteiger partial charge >= 0.3 is 13.4 Å². The molecule has 0 spiro atoms. The van der Waals surface area contributed by atoms with Gasteiger partial charge in [-0.15, -0.1) is 11.3 Å². The number of nitrogens with zero attached hydrogens (tertiary/aromatic N) is 1. The van der Waals surface area contributed by atoms with Crippen molar-refractivity contribution in [2.45, 2.75) is 63.8 Å². The number of aliphatic carboxylic acids is 2. The van der Waals surface area contributed by atoms with E-state index in [0.717, 1.165) is 102 Å². The van der Waals surface area contributed by atoms with Crippen LogP contribution in [0.1, 0.15) is 65.0 Å². The van der Waals surface area contributed by atoms with E-state index in [1.165, 1.54) is 11.3 Å². The van der Waals surface area contributed by atoms with Crippen molar-refractivity contribution in [1.82, 2.24) is 30.6 Å². The Bertz CT molecular complexity index is 3460. The molecule has 5 aromatic carbocycles. The number of benzene rings is 5. The van der Waals surface area contributed by atoms with Crippen LogP contribution in [0.5, 0.6) is 11.5 Å². The average molecular weight is 1210 g/mol. The van der Waals surface area contributed by atoms with Crippen LogP contribution < -0.4 is 31.2 Å². The number of anilines is 1. The van der Waals surface area contributed by atoms with E-state index in [1.807, 2.05) is 97.9 Å². The van der Waals surface area contributed by atoms with Gasteiger partial charge in [0, 0.05) is 96.0 Å². The van der Waals surface area contributed by atoms with E-state index in [1.54, 1.807) is 26.6 Å². The first-order valence-electron chi connectivity index (χ1n) is 22.8. The number of halogens is 3. The second kappa shape index (κ2) is 24.0. The molecule has 10 N–H and O–H groups in total. The summed E-state index contributed by atoms with van der Waals surface area (Å²) in [5.74, 6) is -0.329. The Hall–Kier alpha value is -6.26. The Morgan fingerprint density at radius 2 is 1.22 bits per heavy atom. The quantitative estimate of drug-likeness (QED) is 0.0585. The summed E-state index contributed by atoms with van der Waals surface area (Å²) < 4.78 is 13.5. The van der Waals surface area contributed by atoms with E-state index < -0.39 is 24.0 Å². The number of carboxylic acids is 2. The van der Waals surface area contributed by atoms with Gasteiger partial charge < -0.3 is 45.7 Å². The van der Waals surface area contributed by atoms with Crippen LogP contribution in [0.3, 0.4) is 0 Å². The molecule has 11 rings (SSSR count). The molecule has 0 saturated carbocycles. The number of amides is 1. The number of carbonyl (C=O) groups is 3. The SMILES string of the molecule is C.COc1ccc(C2NC(C(=O)Nc3ncc(C)s3)Cc3c2[nH]c2ccc(Br)cc32)cc1.COc1ccc(C2NC(C(=O)O)Cc3c2[nH]c2ccc(Br)cc32)cc1.NC(Cc1c[nH]c2ccc(Br)cc12)C(=O)O.[B].[H+]. The number of nitrogens with two attached hydrogens (primary N) is 1. The van der Waals surface area contributed by atoms with E-state index in [4.69, 9.17) is 20.3 Å². The zero-order chi connectivity index (χ0) is 50.8. The van der Waals surface area contributed by atoms with Crippen LogP contribution in [-0.4, -0.2) is 88.8 Å². The summed E-state index contributed by atoms with van der Waals surface area (Å²) in [5, 5.41) is 31.9. The van der Waals surface area contributed by atoms with Gasteiger partial charge in [-0.05, 0) is 120 Å². The fourth-order valence-corrected chi connectivity index (χ4v) is 11.0. The lowest BCUT2D eigenvalue weighted by Crippen LogP contribution is -2.47. The molecular weight excluding hydrogens is 1160 g/mol. The molecule has 0 saturated heterocycles. The number of aromatic amines is 3. The molecule has 15 nitrogen and oxygen atoms in total. The number of nitrogens with one attached hydrogen (secondary N) is 6. The lowest BCUT2D eigenvalue weighted by molar-refractivity contribution is -0.140. The number of fused-ring (bicyclic) bond motifs is 7. The minimum atomic E-state index is -0.982. The number of H-pyrrole nitrogens is 3. The normalized spacial score (nSPS) is 17.0. The fraction of sp³-hybridized carbons (Fsp3) is 0.222. The molecule has 2 aliphatic heterocycles. The largest absolute Gasteiger partial charge is 1.00 e. The molecule has 0 bridgehead atoms. The summed E-state index contributed by atoms with van der Waals surface area (Å²) >= 11 is 11.9. The zero-order valence-electron chi connectivity index (χ0n) is 40.6. The van der Waals surface area contributed by atoms with Gasteiger partial charge in [0.15, 0.2) is 5.13 Å². The molecule has 0 aliphatic carbocycles. The van der Waals surface area contributed by atoms with Crippen LogP contribution in [-0.2, 0) is 33.6 Å². The lowest BCUT2D eigenvalue weighted by Gasteiger charge is -2.31. The van der Waals surface area contributed by atoms with Crippen LogP contribution in [0, 0.1) is 6.92 Å². The molecule has 5 unspecified atom stereocenters. The molecule has 74 heavy (non-hydrogen) atoms. The number of aromatic nitrogens is 4. The van der Waals surface area contributed by atoms with E-state index >= 15 is 0 Å². The van der Waals surface area contributed by atoms with Crippen molar-refractivity contribution in [2.75, 3.05) is 19.5 Å². The monoisotopic (exact) mass is 1210 g/mol. The number of ether oxygens (including phenoxy) is 2. The predicted octanol–water partition coefficient (Wildman–Crippen LogP) is 10.8. The standard InChI is InChI=1S/C23H21BrN4O2S.C19H17BrN2O3.C11H11BrN2O2.CH4.B/c1-12-11-25-23(31-12)28-22(29)19-10-17-16-9-14(24)5-8-18(16)26-21(17)20(27-19)13-3-6-15(30-2)7-4-13;1-25-12-5-2-10(3-6-12)17-18-14(9-16(22-17)19(23)24)13-8-11(20)4-7-15(13)21-18;12-7-1-2-10-8(4-7)6(5-14-10)3-9(13)11(15)16;;/h3-9,11,19-20,26-27H,10H2,1-2H3,(H,25,28,29);2-8,16-17,21-22H,9H2,1H3,(H,23,24);1-2,4-5,9,14H,3,13H2,(H,15,16);1H4;/p+1. The number of methoxy groups -OCH3 is 2. The van der Waals surface area contributed by atoms with Gasteiger partial charge in [-0.3, -0.25) is 25.0 Å². The summed E-state index contributed by atoms with van der Waals surface area (Å²) in [6.45, 7) is 1.97.